The smallest absolute Gasteiger partial charge is 0.246 e. The predicted octanol–water partition coefficient (Wildman–Crippen LogP) is 1.60. The highest BCUT2D eigenvalue weighted by Gasteiger charge is 2.35. The van der Waals surface area contributed by atoms with Crippen LogP contribution in [0.3, 0.4) is 0 Å². The van der Waals surface area contributed by atoms with E-state index in [0.717, 1.165) is 0 Å². The van der Waals surface area contributed by atoms with E-state index in [2.05, 4.69) is 15.5 Å². The number of benzene rings is 1. The molecule has 0 aliphatic carbocycles. The van der Waals surface area contributed by atoms with Crippen molar-refractivity contribution >= 4 is 5.91 Å². The molecule has 7 nitrogen and oxygen atoms in total. The first-order chi connectivity index (χ1) is 12.0. The van der Waals surface area contributed by atoms with Gasteiger partial charge in [-0.05, 0) is 19.9 Å². The van der Waals surface area contributed by atoms with Crippen LogP contribution in [0.15, 0.2) is 28.8 Å². The van der Waals surface area contributed by atoms with Gasteiger partial charge in [-0.1, -0.05) is 23.4 Å². The quantitative estimate of drug-likeness (QED) is 0.884. The Hall–Kier alpha value is -2.32. The Kier molecular flexibility index (Phi) is 5.40. The van der Waals surface area contributed by atoms with Crippen LogP contribution in [0.5, 0.6) is 0 Å². The second kappa shape index (κ2) is 7.71. The van der Waals surface area contributed by atoms with E-state index < -0.39 is 0 Å². The summed E-state index contributed by atoms with van der Waals surface area (Å²) in [5.41, 5.74) is 0.454. The molecule has 1 saturated heterocycles. The van der Waals surface area contributed by atoms with E-state index in [1.807, 2.05) is 11.8 Å². The van der Waals surface area contributed by atoms with Gasteiger partial charge in [-0.25, -0.2) is 4.39 Å². The minimum Gasteiger partial charge on any atom is -0.375 e. The number of rotatable bonds is 5. The fourth-order valence-electron chi connectivity index (χ4n) is 2.93. The van der Waals surface area contributed by atoms with Gasteiger partial charge in [0, 0.05) is 18.7 Å². The van der Waals surface area contributed by atoms with Crippen molar-refractivity contribution in [1.82, 2.24) is 20.4 Å². The van der Waals surface area contributed by atoms with Crippen LogP contribution in [0.2, 0.25) is 0 Å². The summed E-state index contributed by atoms with van der Waals surface area (Å²) in [6, 6.07) is 6.10. The van der Waals surface area contributed by atoms with E-state index in [9.17, 15) is 9.18 Å². The second-order valence-corrected chi connectivity index (χ2v) is 6.04. The van der Waals surface area contributed by atoms with Crippen molar-refractivity contribution in [2.45, 2.75) is 32.5 Å². The van der Waals surface area contributed by atoms with Gasteiger partial charge in [0.1, 0.15) is 11.9 Å². The summed E-state index contributed by atoms with van der Waals surface area (Å²) in [5.74, 6) is 0.448. The maximum absolute atomic E-state index is 13.6. The van der Waals surface area contributed by atoms with Crippen molar-refractivity contribution in [2.24, 2.45) is 0 Å². The van der Waals surface area contributed by atoms with E-state index in [4.69, 9.17) is 9.26 Å². The third-order valence-electron chi connectivity index (χ3n) is 4.17. The SMILES string of the molecule is Cc1noc([C@@H]2[C@@H](C)OCCN2CC(=O)NCc2ccccc2F)n1. The molecule has 1 amide bonds. The zero-order valence-electron chi connectivity index (χ0n) is 14.2. The summed E-state index contributed by atoms with van der Waals surface area (Å²) in [6.07, 6.45) is -0.173. The molecule has 1 N–H and O–H groups in total. The third-order valence-corrected chi connectivity index (χ3v) is 4.17. The van der Waals surface area contributed by atoms with Crippen molar-refractivity contribution in [3.05, 3.63) is 47.4 Å². The molecular formula is C17H21FN4O3. The maximum Gasteiger partial charge on any atom is 0.246 e. The van der Waals surface area contributed by atoms with E-state index in [-0.39, 0.29) is 37.0 Å². The topological polar surface area (TPSA) is 80.5 Å². The molecule has 0 bridgehead atoms. The number of carbonyl (C=O) groups excluding carboxylic acids is 1. The number of aromatic nitrogens is 2. The summed E-state index contributed by atoms with van der Waals surface area (Å²) >= 11 is 0. The Morgan fingerprint density at radius 2 is 2.24 bits per heavy atom. The van der Waals surface area contributed by atoms with Gasteiger partial charge in [-0.2, -0.15) is 4.98 Å². The zero-order valence-corrected chi connectivity index (χ0v) is 14.2. The molecule has 2 heterocycles. The average molecular weight is 348 g/mol. The molecule has 0 radical (unpaired) electrons. The van der Waals surface area contributed by atoms with Gasteiger partial charge >= 0.3 is 0 Å². The molecule has 0 unspecified atom stereocenters. The van der Waals surface area contributed by atoms with Crippen molar-refractivity contribution < 1.29 is 18.4 Å². The molecule has 1 fully saturated rings. The van der Waals surface area contributed by atoms with Gasteiger partial charge in [0.2, 0.25) is 11.8 Å². The first kappa shape index (κ1) is 17.5. The van der Waals surface area contributed by atoms with Crippen LogP contribution in [0.1, 0.15) is 30.2 Å². The number of nitrogens with one attached hydrogen (secondary N) is 1. The van der Waals surface area contributed by atoms with Gasteiger partial charge in [0.05, 0.1) is 19.3 Å². The molecule has 1 aliphatic rings. The number of morpholine rings is 1. The zero-order chi connectivity index (χ0) is 17.8. The molecule has 0 saturated carbocycles. The molecule has 2 atom stereocenters. The van der Waals surface area contributed by atoms with Crippen molar-refractivity contribution in [3.63, 3.8) is 0 Å². The fourth-order valence-corrected chi connectivity index (χ4v) is 2.93. The van der Waals surface area contributed by atoms with Crippen LogP contribution >= 0.6 is 0 Å². The molecule has 1 aromatic carbocycles. The molecule has 0 spiro atoms. The first-order valence-electron chi connectivity index (χ1n) is 8.20. The summed E-state index contributed by atoms with van der Waals surface area (Å²) < 4.78 is 24.6. The van der Waals surface area contributed by atoms with Crippen molar-refractivity contribution in [2.75, 3.05) is 19.7 Å². The van der Waals surface area contributed by atoms with Gasteiger partial charge in [-0.3, -0.25) is 9.69 Å². The Balaban J connectivity index is 1.63. The molecule has 1 aliphatic heterocycles. The number of amides is 1. The predicted molar refractivity (Wildman–Crippen MR) is 87.0 cm³/mol. The van der Waals surface area contributed by atoms with Gasteiger partial charge in [0.25, 0.3) is 0 Å². The van der Waals surface area contributed by atoms with E-state index in [1.54, 1.807) is 25.1 Å². The molecule has 2 aromatic rings. The lowest BCUT2D eigenvalue weighted by Crippen LogP contribution is -2.48. The highest BCUT2D eigenvalue weighted by atomic mass is 19.1. The van der Waals surface area contributed by atoms with Crippen LogP contribution in [0.25, 0.3) is 0 Å². The van der Waals surface area contributed by atoms with Gasteiger partial charge in [0.15, 0.2) is 5.82 Å². The standard InChI is InChI=1S/C17H21FN4O3/c1-11-16(17-20-12(2)21-25-17)22(7-8-24-11)10-15(23)19-9-13-5-3-4-6-14(13)18/h3-6,11,16H,7-10H2,1-2H3,(H,19,23)/t11-,16+/m1/s1. The Morgan fingerprint density at radius 3 is 2.96 bits per heavy atom. The second-order valence-electron chi connectivity index (χ2n) is 6.04. The van der Waals surface area contributed by atoms with Crippen LogP contribution in [0.4, 0.5) is 4.39 Å². The van der Waals surface area contributed by atoms with E-state index in [1.165, 1.54) is 6.07 Å². The van der Waals surface area contributed by atoms with Gasteiger partial charge in [-0.15, -0.1) is 0 Å². The Morgan fingerprint density at radius 1 is 1.44 bits per heavy atom. The van der Waals surface area contributed by atoms with Crippen LogP contribution in [-0.2, 0) is 16.1 Å². The Bertz CT molecular complexity index is 736. The monoisotopic (exact) mass is 348 g/mol. The highest BCUT2D eigenvalue weighted by Crippen LogP contribution is 2.27. The Labute approximate surface area is 145 Å². The molecule has 134 valence electrons. The van der Waals surface area contributed by atoms with E-state index in [0.29, 0.717) is 30.4 Å². The van der Waals surface area contributed by atoms with Crippen LogP contribution < -0.4 is 5.32 Å². The van der Waals surface area contributed by atoms with Crippen molar-refractivity contribution in [1.29, 1.82) is 0 Å². The lowest BCUT2D eigenvalue weighted by atomic mass is 10.1. The maximum atomic E-state index is 13.6. The fraction of sp³-hybridized carbons (Fsp3) is 0.471. The number of nitrogens with zero attached hydrogens (tertiary/aromatic N) is 3. The number of hydrogen-bond acceptors (Lipinski definition) is 6. The largest absolute Gasteiger partial charge is 0.375 e. The summed E-state index contributed by atoms with van der Waals surface area (Å²) in [7, 11) is 0. The highest BCUT2D eigenvalue weighted by molar-refractivity contribution is 5.78. The number of aryl methyl sites for hydroxylation is 1. The molecule has 25 heavy (non-hydrogen) atoms. The van der Waals surface area contributed by atoms with Crippen LogP contribution in [0, 0.1) is 12.7 Å². The van der Waals surface area contributed by atoms with Crippen LogP contribution in [-0.4, -0.2) is 46.7 Å². The minimum atomic E-state index is -0.331. The number of ether oxygens (including phenoxy) is 1. The summed E-state index contributed by atoms with van der Waals surface area (Å²) in [6.45, 7) is 5.04. The van der Waals surface area contributed by atoms with E-state index >= 15 is 0 Å². The van der Waals surface area contributed by atoms with Crippen molar-refractivity contribution in [3.8, 4) is 0 Å². The molecule has 1 aromatic heterocycles. The summed E-state index contributed by atoms with van der Waals surface area (Å²) in [4.78, 5) is 18.5. The summed E-state index contributed by atoms with van der Waals surface area (Å²) in [5, 5.41) is 6.57. The minimum absolute atomic E-state index is 0.147. The lowest BCUT2D eigenvalue weighted by molar-refractivity contribution is -0.128. The number of hydrogen-bond donors (Lipinski definition) is 1. The molecule has 3 rings (SSSR count). The first-order valence-corrected chi connectivity index (χ1v) is 8.20. The number of halogens is 1. The normalized spacial score (nSPS) is 21.2. The third kappa shape index (κ3) is 4.21. The number of carbonyl (C=O) groups is 1. The average Bonchev–Trinajstić information content (AvgIpc) is 3.00. The van der Waals surface area contributed by atoms with Gasteiger partial charge < -0.3 is 14.6 Å². The molecule has 8 heteroatoms. The lowest BCUT2D eigenvalue weighted by Gasteiger charge is -2.37. The molecular weight excluding hydrogens is 327 g/mol.